The number of halogens is 1. The highest BCUT2D eigenvalue weighted by molar-refractivity contribution is 6.32. The van der Waals surface area contributed by atoms with Crippen molar-refractivity contribution in [2.45, 2.75) is 25.2 Å². The zero-order chi connectivity index (χ0) is 13.5. The van der Waals surface area contributed by atoms with Crippen LogP contribution in [0.1, 0.15) is 31.0 Å². The van der Waals surface area contributed by atoms with Gasteiger partial charge in [-0.25, -0.2) is 9.97 Å². The van der Waals surface area contributed by atoms with Gasteiger partial charge in [-0.2, -0.15) is 0 Å². The second-order valence-corrected chi connectivity index (χ2v) is 5.64. The van der Waals surface area contributed by atoms with Gasteiger partial charge in [-0.15, -0.1) is 0 Å². The molecule has 1 aromatic carbocycles. The number of aromatic nitrogens is 3. The highest BCUT2D eigenvalue weighted by atomic mass is 35.5. The molecule has 0 N–H and O–H groups in total. The molecule has 3 aromatic rings. The third-order valence-corrected chi connectivity index (χ3v) is 4.32. The molecule has 4 rings (SSSR count). The minimum absolute atomic E-state index is 0.518. The van der Waals surface area contributed by atoms with Gasteiger partial charge in [0.25, 0.3) is 0 Å². The van der Waals surface area contributed by atoms with Gasteiger partial charge in [0.1, 0.15) is 11.3 Å². The molecule has 3 nitrogen and oxygen atoms in total. The molecule has 100 valence electrons. The van der Waals surface area contributed by atoms with Crippen molar-refractivity contribution in [1.82, 2.24) is 14.4 Å². The second kappa shape index (κ2) is 4.60. The first-order valence-corrected chi connectivity index (χ1v) is 7.29. The zero-order valence-electron chi connectivity index (χ0n) is 11.0. The van der Waals surface area contributed by atoms with E-state index in [2.05, 4.69) is 20.6 Å². The van der Waals surface area contributed by atoms with Crippen molar-refractivity contribution in [2.24, 2.45) is 0 Å². The van der Waals surface area contributed by atoms with Crippen molar-refractivity contribution < 1.29 is 0 Å². The van der Waals surface area contributed by atoms with E-state index >= 15 is 0 Å². The average Bonchev–Trinajstić information content (AvgIpc) is 2.82. The predicted octanol–water partition coefficient (Wildman–Crippen LogP) is 4.32. The Labute approximate surface area is 122 Å². The summed E-state index contributed by atoms with van der Waals surface area (Å²) < 4.78 is 2.11. The second-order valence-electron chi connectivity index (χ2n) is 5.28. The number of imidazole rings is 1. The van der Waals surface area contributed by atoms with Crippen LogP contribution in [0.3, 0.4) is 0 Å². The largest absolute Gasteiger partial charge is 0.299 e. The lowest BCUT2D eigenvalue weighted by molar-refractivity contribution is 0.400. The minimum atomic E-state index is 0.518. The number of fused-ring (bicyclic) bond motifs is 1. The molecule has 0 saturated heterocycles. The van der Waals surface area contributed by atoms with Crippen LogP contribution in [0.2, 0.25) is 5.15 Å². The first kappa shape index (κ1) is 11.9. The molecule has 1 fully saturated rings. The minimum Gasteiger partial charge on any atom is -0.299 e. The van der Waals surface area contributed by atoms with Crippen LogP contribution >= 0.6 is 11.6 Å². The zero-order valence-corrected chi connectivity index (χ0v) is 11.7. The molecule has 2 aromatic heterocycles. The summed E-state index contributed by atoms with van der Waals surface area (Å²) in [6, 6.07) is 10.1. The van der Waals surface area contributed by atoms with Crippen LogP contribution in [0.15, 0.2) is 42.7 Å². The third-order valence-electron chi connectivity index (χ3n) is 4.05. The molecule has 0 spiro atoms. The SMILES string of the molecule is Clc1nc(-c2ccccc2)cn2c(C3CCC3)ncc12. The molecule has 0 bridgehead atoms. The summed E-state index contributed by atoms with van der Waals surface area (Å²) in [5, 5.41) is 0.518. The van der Waals surface area contributed by atoms with Gasteiger partial charge in [-0.05, 0) is 12.8 Å². The first-order chi connectivity index (χ1) is 9.83. The van der Waals surface area contributed by atoms with Crippen LogP contribution in [0, 0.1) is 0 Å². The molecular formula is C16H14ClN3. The lowest BCUT2D eigenvalue weighted by Crippen LogP contribution is -2.12. The van der Waals surface area contributed by atoms with E-state index in [4.69, 9.17) is 11.6 Å². The summed E-state index contributed by atoms with van der Waals surface area (Å²) in [5.74, 6) is 1.69. The highest BCUT2D eigenvalue weighted by Gasteiger charge is 2.24. The van der Waals surface area contributed by atoms with Crippen LogP contribution in [0.5, 0.6) is 0 Å². The highest BCUT2D eigenvalue weighted by Crippen LogP contribution is 2.36. The van der Waals surface area contributed by atoms with Crippen molar-refractivity contribution in [2.75, 3.05) is 0 Å². The van der Waals surface area contributed by atoms with Crippen molar-refractivity contribution in [3.8, 4) is 11.3 Å². The normalized spacial score (nSPS) is 15.4. The quantitative estimate of drug-likeness (QED) is 0.701. The van der Waals surface area contributed by atoms with E-state index in [1.807, 2.05) is 36.5 Å². The number of rotatable bonds is 2. The van der Waals surface area contributed by atoms with Crippen LogP contribution < -0.4 is 0 Å². The van der Waals surface area contributed by atoms with E-state index < -0.39 is 0 Å². The molecular weight excluding hydrogens is 270 g/mol. The van der Waals surface area contributed by atoms with Gasteiger partial charge in [-0.3, -0.25) is 4.40 Å². The van der Waals surface area contributed by atoms with E-state index in [0.717, 1.165) is 22.6 Å². The summed E-state index contributed by atoms with van der Waals surface area (Å²) in [6.07, 6.45) is 7.62. The molecule has 20 heavy (non-hydrogen) atoms. The monoisotopic (exact) mass is 283 g/mol. The van der Waals surface area contributed by atoms with Gasteiger partial charge in [0.2, 0.25) is 0 Å². The van der Waals surface area contributed by atoms with Crippen LogP contribution in [-0.2, 0) is 0 Å². The molecule has 0 amide bonds. The standard InChI is InChI=1S/C16H14ClN3/c17-15-14-9-18-16(12-7-4-8-12)20(14)10-13(19-15)11-5-2-1-3-6-11/h1-3,5-6,9-10,12H,4,7-8H2. The van der Waals surface area contributed by atoms with E-state index in [1.54, 1.807) is 0 Å². The van der Waals surface area contributed by atoms with Crippen LogP contribution in [0.25, 0.3) is 16.8 Å². The summed E-state index contributed by atoms with van der Waals surface area (Å²) in [6.45, 7) is 0. The van der Waals surface area contributed by atoms with Crippen LogP contribution in [-0.4, -0.2) is 14.4 Å². The van der Waals surface area contributed by atoms with Crippen molar-refractivity contribution >= 4 is 17.1 Å². The number of benzene rings is 1. The molecule has 4 heteroatoms. The predicted molar refractivity (Wildman–Crippen MR) is 80.0 cm³/mol. The molecule has 0 aliphatic heterocycles. The Bertz CT molecular complexity index is 760. The molecule has 2 heterocycles. The third kappa shape index (κ3) is 1.81. The van der Waals surface area contributed by atoms with Gasteiger partial charge >= 0.3 is 0 Å². The summed E-state index contributed by atoms with van der Waals surface area (Å²) in [4.78, 5) is 9.04. The van der Waals surface area contributed by atoms with Crippen molar-refractivity contribution in [3.05, 3.63) is 53.7 Å². The molecule has 1 aliphatic carbocycles. The Kier molecular flexibility index (Phi) is 2.74. The molecule has 0 atom stereocenters. The fourth-order valence-electron chi connectivity index (χ4n) is 2.69. The van der Waals surface area contributed by atoms with Gasteiger partial charge in [-0.1, -0.05) is 48.4 Å². The molecule has 0 radical (unpaired) electrons. The van der Waals surface area contributed by atoms with E-state index in [0.29, 0.717) is 11.1 Å². The summed E-state index contributed by atoms with van der Waals surface area (Å²) in [7, 11) is 0. The maximum Gasteiger partial charge on any atom is 0.155 e. The lowest BCUT2D eigenvalue weighted by atomic mass is 9.85. The van der Waals surface area contributed by atoms with Gasteiger partial charge in [0.05, 0.1) is 11.9 Å². The Balaban J connectivity index is 1.91. The van der Waals surface area contributed by atoms with Crippen molar-refractivity contribution in [3.63, 3.8) is 0 Å². The van der Waals surface area contributed by atoms with Gasteiger partial charge < -0.3 is 0 Å². The molecule has 1 aliphatic rings. The van der Waals surface area contributed by atoms with E-state index in [-0.39, 0.29) is 0 Å². The van der Waals surface area contributed by atoms with Crippen LogP contribution in [0.4, 0.5) is 0 Å². The Morgan fingerprint density at radius 3 is 2.65 bits per heavy atom. The summed E-state index contributed by atoms with van der Waals surface area (Å²) in [5.41, 5.74) is 2.86. The Hall–Kier alpha value is -1.87. The Morgan fingerprint density at radius 2 is 1.95 bits per heavy atom. The number of nitrogens with zero attached hydrogens (tertiary/aromatic N) is 3. The smallest absolute Gasteiger partial charge is 0.155 e. The maximum absolute atomic E-state index is 6.32. The Morgan fingerprint density at radius 1 is 1.15 bits per heavy atom. The van der Waals surface area contributed by atoms with Gasteiger partial charge in [0, 0.05) is 17.7 Å². The summed E-state index contributed by atoms with van der Waals surface area (Å²) >= 11 is 6.32. The van der Waals surface area contributed by atoms with Crippen molar-refractivity contribution in [1.29, 1.82) is 0 Å². The van der Waals surface area contributed by atoms with Gasteiger partial charge in [0.15, 0.2) is 5.15 Å². The fraction of sp³-hybridized carbons (Fsp3) is 0.250. The fourth-order valence-corrected chi connectivity index (χ4v) is 2.93. The number of hydrogen-bond donors (Lipinski definition) is 0. The topological polar surface area (TPSA) is 30.2 Å². The van der Waals surface area contributed by atoms with E-state index in [9.17, 15) is 0 Å². The molecule has 1 saturated carbocycles. The lowest BCUT2D eigenvalue weighted by Gasteiger charge is -2.24. The molecule has 0 unspecified atom stereocenters. The average molecular weight is 284 g/mol. The first-order valence-electron chi connectivity index (χ1n) is 6.92. The van der Waals surface area contributed by atoms with E-state index in [1.165, 1.54) is 19.3 Å². The number of hydrogen-bond acceptors (Lipinski definition) is 2. The maximum atomic E-state index is 6.32.